The summed E-state index contributed by atoms with van der Waals surface area (Å²) in [5.41, 5.74) is 0. The fraction of sp³-hybridized carbons (Fsp3) is 0.923. The summed E-state index contributed by atoms with van der Waals surface area (Å²) in [6.07, 6.45) is 0.989. The Hall–Kier alpha value is -0.410. The van der Waals surface area contributed by atoms with Crippen LogP contribution < -0.4 is 0 Å². The molecule has 3 heteroatoms. The number of rotatable bonds is 3. The van der Waals surface area contributed by atoms with Crippen molar-refractivity contribution in [2.24, 2.45) is 23.7 Å². The molecule has 0 aromatic heterocycles. The van der Waals surface area contributed by atoms with Crippen molar-refractivity contribution >= 4 is 5.78 Å². The Morgan fingerprint density at radius 3 is 2.75 bits per heavy atom. The Kier molecular flexibility index (Phi) is 3.36. The number of ether oxygens (including phenoxy) is 2. The highest BCUT2D eigenvalue weighted by atomic mass is 16.7. The van der Waals surface area contributed by atoms with E-state index in [2.05, 4.69) is 20.8 Å². The monoisotopic (exact) mass is 226 g/mol. The molecule has 2 rings (SSSR count). The van der Waals surface area contributed by atoms with Gasteiger partial charge >= 0.3 is 0 Å². The Morgan fingerprint density at radius 1 is 1.44 bits per heavy atom. The van der Waals surface area contributed by atoms with Gasteiger partial charge in [-0.25, -0.2) is 0 Å². The normalized spacial score (nSPS) is 44.4. The average molecular weight is 226 g/mol. The van der Waals surface area contributed by atoms with Crippen LogP contribution in [-0.2, 0) is 14.3 Å². The molecular formula is C13H22O3. The van der Waals surface area contributed by atoms with E-state index in [-0.39, 0.29) is 30.1 Å². The lowest BCUT2D eigenvalue weighted by Gasteiger charge is -2.21. The number of fused-ring (bicyclic) bond motifs is 1. The number of carbonyl (C=O) groups is 1. The van der Waals surface area contributed by atoms with Crippen LogP contribution in [0.5, 0.6) is 0 Å². The van der Waals surface area contributed by atoms with Crippen LogP contribution in [0, 0.1) is 23.7 Å². The quantitative estimate of drug-likeness (QED) is 0.740. The zero-order valence-corrected chi connectivity index (χ0v) is 10.6. The van der Waals surface area contributed by atoms with E-state index in [1.165, 1.54) is 0 Å². The van der Waals surface area contributed by atoms with Gasteiger partial charge in [-0.3, -0.25) is 4.79 Å². The third-order valence-electron chi connectivity index (χ3n) is 4.38. The Labute approximate surface area is 97.5 Å². The van der Waals surface area contributed by atoms with Gasteiger partial charge in [-0.05, 0) is 19.3 Å². The van der Waals surface area contributed by atoms with Gasteiger partial charge < -0.3 is 9.47 Å². The number of Topliss-reactive ketones (excluding diaryl/α,β-unsaturated/α-hetero) is 1. The van der Waals surface area contributed by atoms with E-state index in [4.69, 9.17) is 9.47 Å². The lowest BCUT2D eigenvalue weighted by Crippen LogP contribution is -2.31. The summed E-state index contributed by atoms with van der Waals surface area (Å²) in [6, 6.07) is 0. The fourth-order valence-corrected chi connectivity index (χ4v) is 2.84. The highest BCUT2D eigenvalue weighted by Gasteiger charge is 2.51. The molecule has 3 nitrogen and oxygen atoms in total. The zero-order chi connectivity index (χ0) is 11.9. The van der Waals surface area contributed by atoms with Crippen LogP contribution in [0.1, 0.15) is 34.1 Å². The highest BCUT2D eigenvalue weighted by Crippen LogP contribution is 2.43. The molecule has 0 spiro atoms. The first-order valence-electron chi connectivity index (χ1n) is 6.37. The Morgan fingerprint density at radius 2 is 2.12 bits per heavy atom. The summed E-state index contributed by atoms with van der Waals surface area (Å²) in [5.74, 6) is 1.26. The maximum absolute atomic E-state index is 12.2. The molecule has 2 heterocycles. The van der Waals surface area contributed by atoms with Crippen LogP contribution >= 0.6 is 0 Å². The van der Waals surface area contributed by atoms with Gasteiger partial charge in [0.2, 0.25) is 0 Å². The summed E-state index contributed by atoms with van der Waals surface area (Å²) >= 11 is 0. The van der Waals surface area contributed by atoms with Crippen LogP contribution in [0.25, 0.3) is 0 Å². The predicted molar refractivity (Wildman–Crippen MR) is 60.9 cm³/mol. The van der Waals surface area contributed by atoms with Gasteiger partial charge in [0.25, 0.3) is 0 Å². The summed E-state index contributed by atoms with van der Waals surface area (Å²) in [6.45, 7) is 8.86. The molecule has 2 fully saturated rings. The molecule has 0 aromatic rings. The first kappa shape index (κ1) is 12.1. The van der Waals surface area contributed by atoms with Gasteiger partial charge in [0.15, 0.2) is 6.29 Å². The third kappa shape index (κ3) is 1.80. The van der Waals surface area contributed by atoms with Crippen molar-refractivity contribution < 1.29 is 14.3 Å². The fourth-order valence-electron chi connectivity index (χ4n) is 2.84. The van der Waals surface area contributed by atoms with E-state index in [1.807, 2.05) is 6.92 Å². The van der Waals surface area contributed by atoms with Crippen LogP contribution in [0.15, 0.2) is 0 Å². The van der Waals surface area contributed by atoms with Crippen LogP contribution in [0.3, 0.4) is 0 Å². The minimum atomic E-state index is -0.136. The second-order valence-electron chi connectivity index (χ2n) is 5.30. The Balaban J connectivity index is 2.10. The van der Waals surface area contributed by atoms with Crippen molar-refractivity contribution in [2.75, 3.05) is 6.61 Å². The van der Waals surface area contributed by atoms with Gasteiger partial charge in [0.1, 0.15) is 5.78 Å². The lowest BCUT2D eigenvalue weighted by molar-refractivity contribution is -0.128. The maximum Gasteiger partial charge on any atom is 0.161 e. The average Bonchev–Trinajstić information content (AvgIpc) is 2.79. The van der Waals surface area contributed by atoms with Crippen molar-refractivity contribution in [3.63, 3.8) is 0 Å². The lowest BCUT2D eigenvalue weighted by atomic mass is 9.78. The third-order valence-corrected chi connectivity index (χ3v) is 4.38. The molecule has 0 aliphatic carbocycles. The minimum Gasteiger partial charge on any atom is -0.352 e. The van der Waals surface area contributed by atoms with Gasteiger partial charge in [0, 0.05) is 17.8 Å². The number of hydrogen-bond donors (Lipinski definition) is 0. The maximum atomic E-state index is 12.2. The molecule has 0 N–H and O–H groups in total. The molecule has 2 saturated heterocycles. The van der Waals surface area contributed by atoms with E-state index in [0.29, 0.717) is 18.3 Å². The predicted octanol–water partition coefficient (Wildman–Crippen LogP) is 2.25. The topological polar surface area (TPSA) is 35.5 Å². The highest BCUT2D eigenvalue weighted by molar-refractivity contribution is 5.83. The summed E-state index contributed by atoms with van der Waals surface area (Å²) < 4.78 is 11.3. The molecule has 0 radical (unpaired) electrons. The molecule has 0 bridgehead atoms. The van der Waals surface area contributed by atoms with Gasteiger partial charge in [-0.1, -0.05) is 20.8 Å². The minimum absolute atomic E-state index is 0.0555. The molecule has 2 aliphatic heterocycles. The molecular weight excluding hydrogens is 204 g/mol. The number of hydrogen-bond acceptors (Lipinski definition) is 3. The zero-order valence-electron chi connectivity index (χ0n) is 10.6. The summed E-state index contributed by atoms with van der Waals surface area (Å²) in [7, 11) is 0. The van der Waals surface area contributed by atoms with Crippen molar-refractivity contribution in [3.8, 4) is 0 Å². The van der Waals surface area contributed by atoms with E-state index >= 15 is 0 Å². The molecule has 6 atom stereocenters. The molecule has 2 aliphatic rings. The number of carbonyl (C=O) groups excluding carboxylic acids is 1. The van der Waals surface area contributed by atoms with Gasteiger partial charge in [0.05, 0.1) is 12.7 Å². The molecule has 0 saturated carbocycles. The van der Waals surface area contributed by atoms with E-state index in [0.717, 1.165) is 6.42 Å². The largest absolute Gasteiger partial charge is 0.352 e. The van der Waals surface area contributed by atoms with Gasteiger partial charge in [-0.2, -0.15) is 0 Å². The molecule has 92 valence electrons. The van der Waals surface area contributed by atoms with Crippen molar-refractivity contribution in [2.45, 2.75) is 46.5 Å². The first-order chi connectivity index (χ1) is 7.56. The Bertz CT molecular complexity index is 274. The number of ketones is 1. The summed E-state index contributed by atoms with van der Waals surface area (Å²) in [4.78, 5) is 12.2. The first-order valence-corrected chi connectivity index (χ1v) is 6.37. The van der Waals surface area contributed by atoms with Crippen molar-refractivity contribution in [1.82, 2.24) is 0 Å². The van der Waals surface area contributed by atoms with Gasteiger partial charge in [-0.15, -0.1) is 0 Å². The summed E-state index contributed by atoms with van der Waals surface area (Å²) in [5, 5.41) is 0. The molecule has 16 heavy (non-hydrogen) atoms. The van der Waals surface area contributed by atoms with Crippen LogP contribution in [-0.4, -0.2) is 24.8 Å². The molecule has 0 amide bonds. The van der Waals surface area contributed by atoms with E-state index in [9.17, 15) is 4.79 Å². The van der Waals surface area contributed by atoms with Crippen LogP contribution in [0.2, 0.25) is 0 Å². The van der Waals surface area contributed by atoms with E-state index < -0.39 is 0 Å². The second-order valence-corrected chi connectivity index (χ2v) is 5.30. The van der Waals surface area contributed by atoms with Crippen molar-refractivity contribution in [1.29, 1.82) is 0 Å². The van der Waals surface area contributed by atoms with Crippen LogP contribution in [0.4, 0.5) is 0 Å². The molecule has 0 aromatic carbocycles. The molecule has 0 unspecified atom stereocenters. The SMILES string of the molecule is CC[C@@H](C)C(=O)[C@H]1CO[C@@H]2O[C@@H](C)[C@@H](C)[C@@H]21. The van der Waals surface area contributed by atoms with E-state index in [1.54, 1.807) is 0 Å². The smallest absolute Gasteiger partial charge is 0.161 e. The van der Waals surface area contributed by atoms with Crippen molar-refractivity contribution in [3.05, 3.63) is 0 Å². The standard InChI is InChI=1S/C13H22O3/c1-5-7(2)12(14)10-6-15-13-11(10)8(3)9(4)16-13/h7-11,13H,5-6H2,1-4H3/t7-,8-,9+,10+,11-,13-/m1/s1. The second kappa shape index (κ2) is 4.46.